The lowest BCUT2D eigenvalue weighted by molar-refractivity contribution is 0.0201. The molecular formula is C11H16ClNO3. The van der Waals surface area contributed by atoms with Crippen LogP contribution in [0.1, 0.15) is 11.7 Å². The fourth-order valence-electron chi connectivity index (χ4n) is 1.42. The van der Waals surface area contributed by atoms with Gasteiger partial charge in [0, 0.05) is 11.6 Å². The van der Waals surface area contributed by atoms with Crippen LogP contribution in [0.5, 0.6) is 5.75 Å². The highest BCUT2D eigenvalue weighted by atomic mass is 35.5. The van der Waals surface area contributed by atoms with Gasteiger partial charge in [0.25, 0.3) is 0 Å². The summed E-state index contributed by atoms with van der Waals surface area (Å²) in [6.45, 7) is 0.302. The predicted molar refractivity (Wildman–Crippen MR) is 62.9 cm³/mol. The van der Waals surface area contributed by atoms with Crippen LogP contribution in [-0.2, 0) is 0 Å². The summed E-state index contributed by atoms with van der Waals surface area (Å²) in [6, 6.07) is 4.89. The van der Waals surface area contributed by atoms with Gasteiger partial charge in [0.1, 0.15) is 11.9 Å². The molecule has 2 unspecified atom stereocenters. The average Bonchev–Trinajstić information content (AvgIpc) is 2.27. The van der Waals surface area contributed by atoms with Gasteiger partial charge in [0.15, 0.2) is 0 Å². The molecule has 0 spiro atoms. The molecule has 16 heavy (non-hydrogen) atoms. The molecule has 0 aliphatic heterocycles. The van der Waals surface area contributed by atoms with Crippen LogP contribution < -0.4 is 10.1 Å². The van der Waals surface area contributed by atoms with Crippen molar-refractivity contribution in [2.75, 3.05) is 20.7 Å². The Kier molecular flexibility index (Phi) is 5.02. The second kappa shape index (κ2) is 6.06. The summed E-state index contributed by atoms with van der Waals surface area (Å²) >= 11 is 5.87. The number of aliphatic hydroxyl groups is 2. The minimum atomic E-state index is -0.986. The van der Waals surface area contributed by atoms with Crippen LogP contribution in [0.15, 0.2) is 18.2 Å². The zero-order chi connectivity index (χ0) is 12.1. The van der Waals surface area contributed by atoms with E-state index in [1.807, 2.05) is 0 Å². The number of ether oxygens (including phenoxy) is 1. The number of aliphatic hydroxyl groups excluding tert-OH is 2. The Morgan fingerprint density at radius 3 is 2.62 bits per heavy atom. The molecule has 0 aliphatic rings. The van der Waals surface area contributed by atoms with Crippen LogP contribution in [0.25, 0.3) is 0 Å². The van der Waals surface area contributed by atoms with Crippen molar-refractivity contribution >= 4 is 11.6 Å². The van der Waals surface area contributed by atoms with E-state index in [4.69, 9.17) is 16.3 Å². The van der Waals surface area contributed by atoms with Crippen molar-refractivity contribution in [1.29, 1.82) is 0 Å². The standard InChI is InChI=1S/C11H16ClNO3/c1-13-6-10(14)11(15)7-3-8(12)5-9(4-7)16-2/h3-5,10-11,13-15H,6H2,1-2H3. The minimum Gasteiger partial charge on any atom is -0.497 e. The van der Waals surface area contributed by atoms with Gasteiger partial charge in [-0.2, -0.15) is 0 Å². The Balaban J connectivity index is 2.89. The summed E-state index contributed by atoms with van der Waals surface area (Å²) in [4.78, 5) is 0. The lowest BCUT2D eigenvalue weighted by Gasteiger charge is -2.18. The van der Waals surface area contributed by atoms with Crippen molar-refractivity contribution in [3.05, 3.63) is 28.8 Å². The van der Waals surface area contributed by atoms with Crippen LogP contribution in [0.4, 0.5) is 0 Å². The molecule has 0 amide bonds. The van der Waals surface area contributed by atoms with Gasteiger partial charge in [-0.05, 0) is 30.8 Å². The summed E-state index contributed by atoms with van der Waals surface area (Å²) in [7, 11) is 3.22. The van der Waals surface area contributed by atoms with E-state index in [2.05, 4.69) is 5.32 Å². The van der Waals surface area contributed by atoms with E-state index >= 15 is 0 Å². The van der Waals surface area contributed by atoms with Crippen LogP contribution >= 0.6 is 11.6 Å². The Labute approximate surface area is 99.8 Å². The maximum absolute atomic E-state index is 9.86. The molecule has 4 nitrogen and oxygen atoms in total. The molecule has 1 aromatic carbocycles. The zero-order valence-electron chi connectivity index (χ0n) is 9.27. The summed E-state index contributed by atoms with van der Waals surface area (Å²) in [5.74, 6) is 0.554. The molecular weight excluding hydrogens is 230 g/mol. The molecule has 1 rings (SSSR count). The Bertz CT molecular complexity index is 346. The van der Waals surface area contributed by atoms with Crippen molar-refractivity contribution in [3.63, 3.8) is 0 Å². The zero-order valence-corrected chi connectivity index (χ0v) is 10.0. The van der Waals surface area contributed by atoms with E-state index in [1.165, 1.54) is 7.11 Å². The summed E-state index contributed by atoms with van der Waals surface area (Å²) in [5, 5.41) is 22.7. The van der Waals surface area contributed by atoms with Crippen LogP contribution in [0.3, 0.4) is 0 Å². The highest BCUT2D eigenvalue weighted by Crippen LogP contribution is 2.26. The molecule has 0 fully saturated rings. The summed E-state index contributed by atoms with van der Waals surface area (Å²) < 4.78 is 5.03. The lowest BCUT2D eigenvalue weighted by atomic mass is 10.0. The molecule has 2 atom stereocenters. The van der Waals surface area contributed by atoms with Crippen molar-refractivity contribution in [2.24, 2.45) is 0 Å². The normalized spacial score (nSPS) is 14.6. The molecule has 0 radical (unpaired) electrons. The molecule has 5 heteroatoms. The molecule has 0 aromatic heterocycles. The van der Waals surface area contributed by atoms with Gasteiger partial charge >= 0.3 is 0 Å². The molecule has 0 bridgehead atoms. The highest BCUT2D eigenvalue weighted by molar-refractivity contribution is 6.30. The van der Waals surface area contributed by atoms with E-state index in [1.54, 1.807) is 25.2 Å². The van der Waals surface area contributed by atoms with E-state index in [-0.39, 0.29) is 0 Å². The quantitative estimate of drug-likeness (QED) is 0.723. The second-order valence-corrected chi connectivity index (χ2v) is 3.93. The monoisotopic (exact) mass is 245 g/mol. The highest BCUT2D eigenvalue weighted by Gasteiger charge is 2.18. The minimum absolute atomic E-state index is 0.302. The second-order valence-electron chi connectivity index (χ2n) is 3.49. The molecule has 1 aromatic rings. The number of halogens is 1. The summed E-state index contributed by atoms with van der Waals surface area (Å²) in [6.07, 6.45) is -1.87. The number of methoxy groups -OCH3 is 1. The maximum Gasteiger partial charge on any atom is 0.120 e. The first-order valence-electron chi connectivity index (χ1n) is 4.93. The summed E-state index contributed by atoms with van der Waals surface area (Å²) in [5.41, 5.74) is 0.534. The van der Waals surface area contributed by atoms with Crippen LogP contribution in [0, 0.1) is 0 Å². The molecule has 90 valence electrons. The van der Waals surface area contributed by atoms with Gasteiger partial charge < -0.3 is 20.3 Å². The van der Waals surface area contributed by atoms with Crippen molar-refractivity contribution < 1.29 is 14.9 Å². The number of hydrogen-bond acceptors (Lipinski definition) is 4. The third-order valence-electron chi connectivity index (χ3n) is 2.25. The fourth-order valence-corrected chi connectivity index (χ4v) is 1.65. The Morgan fingerprint density at radius 1 is 1.38 bits per heavy atom. The first kappa shape index (κ1) is 13.3. The van der Waals surface area contributed by atoms with Gasteiger partial charge in [-0.15, -0.1) is 0 Å². The Morgan fingerprint density at radius 2 is 2.06 bits per heavy atom. The lowest BCUT2D eigenvalue weighted by Crippen LogP contribution is -2.29. The molecule has 0 saturated heterocycles. The molecule has 0 heterocycles. The van der Waals surface area contributed by atoms with Gasteiger partial charge in [0.2, 0.25) is 0 Å². The first-order chi connectivity index (χ1) is 7.58. The van der Waals surface area contributed by atoms with Crippen LogP contribution in [-0.4, -0.2) is 37.0 Å². The molecule has 0 aliphatic carbocycles. The van der Waals surface area contributed by atoms with E-state index in [0.717, 1.165) is 0 Å². The van der Waals surface area contributed by atoms with Gasteiger partial charge in [-0.25, -0.2) is 0 Å². The van der Waals surface area contributed by atoms with E-state index in [0.29, 0.717) is 22.9 Å². The average molecular weight is 246 g/mol. The van der Waals surface area contributed by atoms with E-state index in [9.17, 15) is 10.2 Å². The third-order valence-corrected chi connectivity index (χ3v) is 2.47. The smallest absolute Gasteiger partial charge is 0.120 e. The molecule has 0 saturated carbocycles. The van der Waals surface area contributed by atoms with Gasteiger partial charge in [-0.3, -0.25) is 0 Å². The number of nitrogens with one attached hydrogen (secondary N) is 1. The van der Waals surface area contributed by atoms with Gasteiger partial charge in [-0.1, -0.05) is 11.6 Å². The van der Waals surface area contributed by atoms with Crippen molar-refractivity contribution in [1.82, 2.24) is 5.32 Å². The SMILES string of the molecule is CNCC(O)C(O)c1cc(Cl)cc(OC)c1. The fraction of sp³-hybridized carbons (Fsp3) is 0.455. The maximum atomic E-state index is 9.86. The number of benzene rings is 1. The van der Waals surface area contributed by atoms with E-state index < -0.39 is 12.2 Å². The van der Waals surface area contributed by atoms with Crippen molar-refractivity contribution in [3.8, 4) is 5.75 Å². The number of hydrogen-bond donors (Lipinski definition) is 3. The van der Waals surface area contributed by atoms with Gasteiger partial charge in [0.05, 0.1) is 13.2 Å². The van der Waals surface area contributed by atoms with Crippen molar-refractivity contribution in [2.45, 2.75) is 12.2 Å². The number of rotatable bonds is 5. The predicted octanol–water partition coefficient (Wildman–Crippen LogP) is 0.962. The first-order valence-corrected chi connectivity index (χ1v) is 5.31. The van der Waals surface area contributed by atoms with Crippen LogP contribution in [0.2, 0.25) is 5.02 Å². The number of likely N-dealkylation sites (N-methyl/N-ethyl adjacent to an activating group) is 1. The topological polar surface area (TPSA) is 61.7 Å². The molecule has 3 N–H and O–H groups in total. The third kappa shape index (κ3) is 3.35. The Hall–Kier alpha value is -0.810. The largest absolute Gasteiger partial charge is 0.497 e.